The Morgan fingerprint density at radius 2 is 1.95 bits per heavy atom. The maximum Gasteiger partial charge on any atom is 0.341 e. The molecule has 0 unspecified atom stereocenters. The van der Waals surface area contributed by atoms with Gasteiger partial charge in [-0.1, -0.05) is 17.7 Å². The largest absolute Gasteiger partial charge is 0.477 e. The second-order valence-corrected chi connectivity index (χ2v) is 5.01. The molecule has 0 spiro atoms. The van der Waals surface area contributed by atoms with Crippen molar-refractivity contribution < 1.29 is 14.6 Å². The summed E-state index contributed by atoms with van der Waals surface area (Å²) in [4.78, 5) is 15.5. The van der Waals surface area contributed by atoms with Gasteiger partial charge in [-0.3, -0.25) is 0 Å². The Balaban J connectivity index is 2.53. The third kappa shape index (κ3) is 2.91. The second kappa shape index (κ2) is 5.51. The van der Waals surface area contributed by atoms with Gasteiger partial charge in [-0.05, 0) is 50.1 Å². The van der Waals surface area contributed by atoms with Crippen molar-refractivity contribution in [3.8, 4) is 11.6 Å². The smallest absolute Gasteiger partial charge is 0.341 e. The predicted molar refractivity (Wildman–Crippen MR) is 76.9 cm³/mol. The Labute approximate surface area is 122 Å². The van der Waals surface area contributed by atoms with E-state index in [0.29, 0.717) is 22.0 Å². The van der Waals surface area contributed by atoms with Crippen LogP contribution in [0.5, 0.6) is 11.6 Å². The summed E-state index contributed by atoms with van der Waals surface area (Å²) in [6, 6.07) is 7.00. The van der Waals surface area contributed by atoms with Crippen LogP contribution in [0, 0.1) is 20.8 Å². The van der Waals surface area contributed by atoms with Crippen molar-refractivity contribution in [2.75, 3.05) is 0 Å². The van der Waals surface area contributed by atoms with Gasteiger partial charge >= 0.3 is 5.97 Å². The Bertz CT molecular complexity index is 683. The molecule has 0 saturated heterocycles. The van der Waals surface area contributed by atoms with Gasteiger partial charge < -0.3 is 9.84 Å². The number of hydrogen-bond donors (Lipinski definition) is 1. The molecule has 1 aromatic heterocycles. The number of carbonyl (C=O) groups is 1. The average Bonchev–Trinajstić information content (AvgIpc) is 2.32. The van der Waals surface area contributed by atoms with Crippen molar-refractivity contribution in [3.63, 3.8) is 0 Å². The highest BCUT2D eigenvalue weighted by Gasteiger charge is 2.18. The molecule has 1 heterocycles. The fourth-order valence-electron chi connectivity index (χ4n) is 1.93. The van der Waals surface area contributed by atoms with E-state index in [9.17, 15) is 9.90 Å². The highest BCUT2D eigenvalue weighted by Crippen LogP contribution is 2.32. The van der Waals surface area contributed by atoms with Gasteiger partial charge in [0.05, 0.1) is 5.02 Å². The van der Waals surface area contributed by atoms with Crippen LogP contribution in [0.1, 0.15) is 27.2 Å². The van der Waals surface area contributed by atoms with Gasteiger partial charge in [0.1, 0.15) is 11.3 Å². The molecule has 2 aromatic rings. The summed E-state index contributed by atoms with van der Waals surface area (Å²) >= 11 is 6.06. The Kier molecular flexibility index (Phi) is 3.95. The molecular formula is C15H14ClNO3. The van der Waals surface area contributed by atoms with Gasteiger partial charge in [-0.25, -0.2) is 9.78 Å². The molecule has 1 aromatic carbocycles. The number of halogens is 1. The highest BCUT2D eigenvalue weighted by molar-refractivity contribution is 6.32. The SMILES string of the molecule is Cc1ccc(Cl)c(Oc2nc(C)cc(C)c2C(=O)O)c1. The van der Waals surface area contributed by atoms with E-state index >= 15 is 0 Å². The van der Waals surface area contributed by atoms with Crippen LogP contribution in [-0.4, -0.2) is 16.1 Å². The second-order valence-electron chi connectivity index (χ2n) is 4.60. The van der Waals surface area contributed by atoms with E-state index in [1.54, 1.807) is 32.0 Å². The van der Waals surface area contributed by atoms with Crippen molar-refractivity contribution in [1.82, 2.24) is 4.98 Å². The van der Waals surface area contributed by atoms with E-state index in [2.05, 4.69) is 4.98 Å². The van der Waals surface area contributed by atoms with Gasteiger partial charge in [0.2, 0.25) is 5.88 Å². The van der Waals surface area contributed by atoms with Crippen molar-refractivity contribution in [1.29, 1.82) is 0 Å². The molecule has 20 heavy (non-hydrogen) atoms. The lowest BCUT2D eigenvalue weighted by atomic mass is 10.1. The number of carboxylic acid groups (broad SMARTS) is 1. The van der Waals surface area contributed by atoms with Crippen LogP contribution < -0.4 is 4.74 Å². The molecule has 0 aliphatic carbocycles. The van der Waals surface area contributed by atoms with E-state index in [4.69, 9.17) is 16.3 Å². The minimum atomic E-state index is -1.08. The quantitative estimate of drug-likeness (QED) is 0.923. The van der Waals surface area contributed by atoms with Gasteiger partial charge in [0, 0.05) is 5.69 Å². The number of hydrogen-bond acceptors (Lipinski definition) is 3. The van der Waals surface area contributed by atoms with Crippen molar-refractivity contribution in [2.24, 2.45) is 0 Å². The number of aromatic carboxylic acids is 1. The van der Waals surface area contributed by atoms with Crippen LogP contribution in [0.4, 0.5) is 0 Å². The summed E-state index contributed by atoms with van der Waals surface area (Å²) in [5.41, 5.74) is 2.30. The molecule has 5 heteroatoms. The van der Waals surface area contributed by atoms with E-state index < -0.39 is 5.97 Å². The van der Waals surface area contributed by atoms with Gasteiger partial charge in [-0.2, -0.15) is 0 Å². The topological polar surface area (TPSA) is 59.4 Å². The molecule has 0 fully saturated rings. The summed E-state index contributed by atoms with van der Waals surface area (Å²) in [5.74, 6) is -0.622. The first-order valence-electron chi connectivity index (χ1n) is 6.04. The summed E-state index contributed by atoms with van der Waals surface area (Å²) in [6.07, 6.45) is 0. The summed E-state index contributed by atoms with van der Waals surface area (Å²) in [6.45, 7) is 5.39. The molecule has 0 radical (unpaired) electrons. The molecule has 0 bridgehead atoms. The first kappa shape index (κ1) is 14.3. The molecule has 104 valence electrons. The molecule has 0 atom stereocenters. The first-order chi connectivity index (χ1) is 9.38. The van der Waals surface area contributed by atoms with E-state index in [-0.39, 0.29) is 11.4 Å². The Hall–Kier alpha value is -2.07. The monoisotopic (exact) mass is 291 g/mol. The summed E-state index contributed by atoms with van der Waals surface area (Å²) in [7, 11) is 0. The van der Waals surface area contributed by atoms with Crippen LogP contribution in [0.3, 0.4) is 0 Å². The summed E-state index contributed by atoms with van der Waals surface area (Å²) < 4.78 is 5.62. The lowest BCUT2D eigenvalue weighted by Crippen LogP contribution is -2.06. The lowest BCUT2D eigenvalue weighted by Gasteiger charge is -2.12. The molecule has 0 aliphatic rings. The zero-order chi connectivity index (χ0) is 14.9. The number of benzene rings is 1. The summed E-state index contributed by atoms with van der Waals surface area (Å²) in [5, 5.41) is 9.70. The van der Waals surface area contributed by atoms with Gasteiger partial charge in [-0.15, -0.1) is 0 Å². The minimum absolute atomic E-state index is 0.0492. The molecule has 0 saturated carbocycles. The zero-order valence-electron chi connectivity index (χ0n) is 11.4. The molecule has 4 nitrogen and oxygen atoms in total. The van der Waals surface area contributed by atoms with Crippen LogP contribution in [0.25, 0.3) is 0 Å². The third-order valence-corrected chi connectivity index (χ3v) is 3.13. The third-order valence-electron chi connectivity index (χ3n) is 2.82. The first-order valence-corrected chi connectivity index (χ1v) is 6.42. The number of pyridine rings is 1. The van der Waals surface area contributed by atoms with Crippen molar-refractivity contribution in [2.45, 2.75) is 20.8 Å². The van der Waals surface area contributed by atoms with E-state index in [1.165, 1.54) is 0 Å². The van der Waals surface area contributed by atoms with Crippen LogP contribution in [0.2, 0.25) is 5.02 Å². The Morgan fingerprint density at radius 1 is 1.25 bits per heavy atom. The van der Waals surface area contributed by atoms with E-state index in [0.717, 1.165) is 5.56 Å². The Morgan fingerprint density at radius 3 is 2.60 bits per heavy atom. The molecular weight excluding hydrogens is 278 g/mol. The number of aryl methyl sites for hydroxylation is 3. The maximum absolute atomic E-state index is 11.3. The van der Waals surface area contributed by atoms with Gasteiger partial charge in [0.15, 0.2) is 0 Å². The van der Waals surface area contributed by atoms with Crippen LogP contribution in [-0.2, 0) is 0 Å². The highest BCUT2D eigenvalue weighted by atomic mass is 35.5. The molecule has 2 rings (SSSR count). The fraction of sp³-hybridized carbons (Fsp3) is 0.200. The zero-order valence-corrected chi connectivity index (χ0v) is 12.2. The van der Waals surface area contributed by atoms with Gasteiger partial charge in [0.25, 0.3) is 0 Å². The fourth-order valence-corrected chi connectivity index (χ4v) is 2.09. The lowest BCUT2D eigenvalue weighted by molar-refractivity contribution is 0.0692. The average molecular weight is 292 g/mol. The van der Waals surface area contributed by atoms with Crippen LogP contribution >= 0.6 is 11.6 Å². The standard InChI is InChI=1S/C15H14ClNO3/c1-8-4-5-11(16)12(6-8)20-14-13(15(18)19)9(2)7-10(3)17-14/h4-7H,1-3H3,(H,18,19). The number of carboxylic acids is 1. The number of aromatic nitrogens is 1. The van der Waals surface area contributed by atoms with Crippen LogP contribution in [0.15, 0.2) is 24.3 Å². The number of rotatable bonds is 3. The number of nitrogens with zero attached hydrogens (tertiary/aromatic N) is 1. The molecule has 0 amide bonds. The minimum Gasteiger partial charge on any atom is -0.477 e. The molecule has 0 aliphatic heterocycles. The van der Waals surface area contributed by atoms with E-state index in [1.807, 2.05) is 13.0 Å². The normalized spacial score (nSPS) is 10.4. The maximum atomic E-state index is 11.3. The number of ether oxygens (including phenoxy) is 1. The molecule has 1 N–H and O–H groups in total. The predicted octanol–water partition coefficient (Wildman–Crippen LogP) is 4.15. The van der Waals surface area contributed by atoms with Crippen molar-refractivity contribution in [3.05, 3.63) is 51.7 Å². The van der Waals surface area contributed by atoms with Crippen molar-refractivity contribution >= 4 is 17.6 Å².